The first-order chi connectivity index (χ1) is 16.7. The lowest BCUT2D eigenvalue weighted by atomic mass is 9.98. The Morgan fingerprint density at radius 1 is 1.12 bits per heavy atom. The number of benzene rings is 2. The number of nitriles is 1. The maximum atomic E-state index is 13.1. The van der Waals surface area contributed by atoms with Crippen LogP contribution in [0.3, 0.4) is 0 Å². The van der Waals surface area contributed by atoms with Gasteiger partial charge in [-0.3, -0.25) is 4.79 Å². The third kappa shape index (κ3) is 3.08. The zero-order chi connectivity index (χ0) is 23.2. The first-order valence-corrected chi connectivity index (χ1v) is 11.4. The van der Waals surface area contributed by atoms with Crippen LogP contribution in [-0.4, -0.2) is 28.4 Å². The maximum absolute atomic E-state index is 13.1. The number of hydrogen-bond donors (Lipinski definition) is 1. The molecule has 166 valence electrons. The van der Waals surface area contributed by atoms with Crippen molar-refractivity contribution in [2.45, 2.75) is 6.92 Å². The molecule has 5 aromatic rings. The molecule has 8 nitrogen and oxygen atoms in total. The fourth-order valence-corrected chi connectivity index (χ4v) is 5.09. The molecule has 0 unspecified atom stereocenters. The van der Waals surface area contributed by atoms with E-state index >= 15 is 0 Å². The molecule has 0 radical (unpaired) electrons. The Hall–Kier alpha value is -4.42. The highest BCUT2D eigenvalue weighted by molar-refractivity contribution is 7.25. The van der Waals surface area contributed by atoms with Crippen molar-refractivity contribution in [3.05, 3.63) is 64.4 Å². The Labute approximate surface area is 197 Å². The fraction of sp³-hybridized carbons (Fsp3) is 0.120. The Morgan fingerprint density at radius 2 is 1.94 bits per heavy atom. The molecule has 4 heterocycles. The molecule has 9 heteroatoms. The number of H-pyrrole nitrogens is 1. The summed E-state index contributed by atoms with van der Waals surface area (Å²) in [4.78, 5) is 26.0. The number of nitrogens with zero attached hydrogens (tertiary/aromatic N) is 3. The van der Waals surface area contributed by atoms with Gasteiger partial charge in [-0.2, -0.15) is 5.26 Å². The molecule has 1 aliphatic rings. The van der Waals surface area contributed by atoms with Crippen molar-refractivity contribution in [1.82, 2.24) is 15.0 Å². The van der Waals surface area contributed by atoms with E-state index in [2.05, 4.69) is 16.0 Å². The van der Waals surface area contributed by atoms with Crippen LogP contribution in [0, 0.1) is 11.3 Å². The van der Waals surface area contributed by atoms with Crippen molar-refractivity contribution >= 4 is 31.8 Å². The number of fused-ring (bicyclic) bond motifs is 4. The van der Waals surface area contributed by atoms with Crippen molar-refractivity contribution in [3.8, 4) is 46.0 Å². The number of aromatic nitrogens is 3. The second-order valence-electron chi connectivity index (χ2n) is 7.52. The highest BCUT2D eigenvalue weighted by Gasteiger charge is 2.24. The second kappa shape index (κ2) is 7.86. The van der Waals surface area contributed by atoms with Crippen LogP contribution in [0.4, 0.5) is 0 Å². The third-order valence-corrected chi connectivity index (χ3v) is 6.62. The van der Waals surface area contributed by atoms with E-state index in [4.69, 9.17) is 19.2 Å². The predicted octanol–water partition coefficient (Wildman–Crippen LogP) is 4.87. The van der Waals surface area contributed by atoms with Gasteiger partial charge < -0.3 is 19.2 Å². The summed E-state index contributed by atoms with van der Waals surface area (Å²) in [5, 5.41) is 10.7. The Balaban J connectivity index is 1.70. The van der Waals surface area contributed by atoms with E-state index in [1.807, 2.05) is 43.3 Å². The van der Waals surface area contributed by atoms with Crippen molar-refractivity contribution in [2.75, 3.05) is 13.4 Å². The molecule has 0 atom stereocenters. The number of pyridine rings is 1. The molecule has 0 saturated carbocycles. The average molecular weight is 468 g/mol. The molecule has 0 amide bonds. The minimum absolute atomic E-state index is 0.155. The third-order valence-electron chi connectivity index (χ3n) is 5.54. The SMILES string of the molecule is CCOc1nc2sc3c(=O)[nH]c(-c4ccc5c(c4)OCO5)nc3c2c(-c2ccccc2)c1C#N. The topological polar surface area (TPSA) is 110 Å². The van der Waals surface area contributed by atoms with Crippen LogP contribution in [0.25, 0.3) is 42.9 Å². The monoisotopic (exact) mass is 468 g/mol. The van der Waals surface area contributed by atoms with E-state index < -0.39 is 0 Å². The molecule has 1 N–H and O–H groups in total. The maximum Gasteiger partial charge on any atom is 0.269 e. The summed E-state index contributed by atoms with van der Waals surface area (Å²) in [6.45, 7) is 2.35. The second-order valence-corrected chi connectivity index (χ2v) is 8.52. The largest absolute Gasteiger partial charge is 0.477 e. The Kier molecular flexibility index (Phi) is 4.67. The van der Waals surface area contributed by atoms with Crippen LogP contribution in [0.15, 0.2) is 53.3 Å². The summed E-state index contributed by atoms with van der Waals surface area (Å²) in [6.07, 6.45) is 0. The van der Waals surface area contributed by atoms with Crippen molar-refractivity contribution in [2.24, 2.45) is 0 Å². The number of rotatable bonds is 4. The van der Waals surface area contributed by atoms with Crippen molar-refractivity contribution in [1.29, 1.82) is 5.26 Å². The van der Waals surface area contributed by atoms with Gasteiger partial charge in [-0.1, -0.05) is 30.3 Å². The average Bonchev–Trinajstić information content (AvgIpc) is 3.48. The van der Waals surface area contributed by atoms with Crippen molar-refractivity contribution < 1.29 is 14.2 Å². The molecular weight excluding hydrogens is 452 g/mol. The van der Waals surface area contributed by atoms with E-state index in [1.165, 1.54) is 11.3 Å². The summed E-state index contributed by atoms with van der Waals surface area (Å²) in [5.41, 5.74) is 2.67. The standard InChI is InChI=1S/C25H16N4O4S/c1-2-31-24-15(11-26)18(13-6-4-3-5-7-13)19-20-21(34-25(19)29-24)23(30)28-22(27-20)14-8-9-16-17(10-14)33-12-32-16/h3-10H,2,12H2,1H3,(H,27,28,30). The first-order valence-electron chi connectivity index (χ1n) is 10.6. The summed E-state index contributed by atoms with van der Waals surface area (Å²) in [6, 6.07) is 17.2. The zero-order valence-electron chi connectivity index (χ0n) is 17.9. The van der Waals surface area contributed by atoms with E-state index in [9.17, 15) is 10.1 Å². The molecule has 0 aliphatic carbocycles. The fourth-order valence-electron chi connectivity index (χ4n) is 4.08. The smallest absolute Gasteiger partial charge is 0.269 e. The van der Waals surface area contributed by atoms with Gasteiger partial charge in [-0.15, -0.1) is 11.3 Å². The quantitative estimate of drug-likeness (QED) is 0.401. The van der Waals surface area contributed by atoms with Crippen molar-refractivity contribution in [3.63, 3.8) is 0 Å². The van der Waals surface area contributed by atoms with Crippen LogP contribution in [-0.2, 0) is 0 Å². The summed E-state index contributed by atoms with van der Waals surface area (Å²) in [7, 11) is 0. The minimum atomic E-state index is -0.281. The van der Waals surface area contributed by atoms with E-state index in [0.29, 0.717) is 61.1 Å². The predicted molar refractivity (Wildman–Crippen MR) is 128 cm³/mol. The highest BCUT2D eigenvalue weighted by atomic mass is 32.1. The molecule has 6 rings (SSSR count). The van der Waals surface area contributed by atoms with Gasteiger partial charge in [-0.25, -0.2) is 9.97 Å². The number of hydrogen-bond acceptors (Lipinski definition) is 8. The number of nitrogens with one attached hydrogen (secondary N) is 1. The van der Waals surface area contributed by atoms with Gasteiger partial charge in [0.05, 0.1) is 12.1 Å². The summed E-state index contributed by atoms with van der Waals surface area (Å²) < 4.78 is 17.0. The van der Waals surface area contributed by atoms with Gasteiger partial charge in [-0.05, 0) is 30.7 Å². The zero-order valence-corrected chi connectivity index (χ0v) is 18.7. The normalized spacial score (nSPS) is 12.2. The van der Waals surface area contributed by atoms with Crippen LogP contribution < -0.4 is 19.8 Å². The van der Waals surface area contributed by atoms with Crippen LogP contribution in [0.1, 0.15) is 12.5 Å². The van der Waals surface area contributed by atoms with Gasteiger partial charge in [0.1, 0.15) is 27.0 Å². The Bertz CT molecular complexity index is 1690. The minimum Gasteiger partial charge on any atom is -0.477 e. The number of aromatic amines is 1. The molecule has 34 heavy (non-hydrogen) atoms. The molecule has 1 aliphatic heterocycles. The Morgan fingerprint density at radius 3 is 2.74 bits per heavy atom. The lowest BCUT2D eigenvalue weighted by Gasteiger charge is -2.11. The first kappa shape index (κ1) is 20.2. The molecule has 0 saturated heterocycles. The molecule has 0 fully saturated rings. The lowest BCUT2D eigenvalue weighted by molar-refractivity contribution is 0.174. The lowest BCUT2D eigenvalue weighted by Crippen LogP contribution is -2.07. The van der Waals surface area contributed by atoms with Crippen LogP contribution in [0.2, 0.25) is 0 Å². The van der Waals surface area contributed by atoms with Gasteiger partial charge in [0.15, 0.2) is 11.5 Å². The van der Waals surface area contributed by atoms with Gasteiger partial charge in [0, 0.05) is 16.5 Å². The summed E-state index contributed by atoms with van der Waals surface area (Å²) in [5.74, 6) is 1.87. The molecule has 2 aromatic carbocycles. The van der Waals surface area contributed by atoms with Gasteiger partial charge in [0.25, 0.3) is 5.56 Å². The molecular formula is C25H16N4O4S. The van der Waals surface area contributed by atoms with Crippen LogP contribution >= 0.6 is 11.3 Å². The van der Waals surface area contributed by atoms with E-state index in [1.54, 1.807) is 12.1 Å². The van der Waals surface area contributed by atoms with Crippen LogP contribution in [0.5, 0.6) is 17.4 Å². The molecule has 3 aromatic heterocycles. The summed E-state index contributed by atoms with van der Waals surface area (Å²) >= 11 is 1.23. The number of thiophene rings is 1. The van der Waals surface area contributed by atoms with Gasteiger partial charge >= 0.3 is 0 Å². The molecule has 0 bridgehead atoms. The van der Waals surface area contributed by atoms with E-state index in [-0.39, 0.29) is 18.2 Å². The number of ether oxygens (including phenoxy) is 3. The van der Waals surface area contributed by atoms with Gasteiger partial charge in [0.2, 0.25) is 12.7 Å². The highest BCUT2D eigenvalue weighted by Crippen LogP contribution is 2.42. The molecule has 0 spiro atoms. The van der Waals surface area contributed by atoms with E-state index in [0.717, 1.165) is 5.56 Å².